The molecule has 156 valence electrons. The zero-order valence-corrected chi connectivity index (χ0v) is 17.2. The van der Waals surface area contributed by atoms with Gasteiger partial charge in [0.05, 0.1) is 5.88 Å². The predicted molar refractivity (Wildman–Crippen MR) is 102 cm³/mol. The van der Waals surface area contributed by atoms with Crippen LogP contribution < -0.4 is 5.32 Å². The number of carbonyl (C=O) groups is 3. The summed E-state index contributed by atoms with van der Waals surface area (Å²) in [6, 6.07) is -0.918. The van der Waals surface area contributed by atoms with E-state index >= 15 is 0 Å². The molecule has 0 aliphatic carbocycles. The van der Waals surface area contributed by atoms with Gasteiger partial charge in [-0.25, -0.2) is 4.79 Å². The summed E-state index contributed by atoms with van der Waals surface area (Å²) in [7, 11) is 1.25. The lowest BCUT2D eigenvalue weighted by Crippen LogP contribution is -2.71. The molecule has 12 heteroatoms. The number of hydrogen-bond acceptors (Lipinski definition) is 8. The van der Waals surface area contributed by atoms with Gasteiger partial charge in [-0.1, -0.05) is 5.16 Å². The van der Waals surface area contributed by atoms with Crippen LogP contribution in [0.5, 0.6) is 0 Å². The van der Waals surface area contributed by atoms with Crippen molar-refractivity contribution in [3.05, 3.63) is 11.8 Å². The van der Waals surface area contributed by atoms with Gasteiger partial charge >= 0.3 is 5.97 Å². The Morgan fingerprint density at radius 1 is 1.43 bits per heavy atom. The first kappa shape index (κ1) is 22.5. The minimum absolute atomic E-state index is 0.0937. The van der Waals surface area contributed by atoms with Crippen LogP contribution in [0, 0.1) is 0 Å². The Morgan fingerprint density at radius 2 is 2.07 bits per heavy atom. The number of β-lactam (4-membered cyclic amide) rings is 1. The van der Waals surface area contributed by atoms with Gasteiger partial charge in [0.25, 0.3) is 11.8 Å². The quantitative estimate of drug-likeness (QED) is 0.166. The Hall–Kier alpha value is -1.82. The van der Waals surface area contributed by atoms with Gasteiger partial charge < -0.3 is 24.7 Å². The molecule has 1 unspecified atom stereocenters. The third-order valence-corrected chi connectivity index (χ3v) is 5.58. The molecule has 0 spiro atoms. The highest BCUT2D eigenvalue weighted by molar-refractivity contribution is 8.00. The first-order valence-corrected chi connectivity index (χ1v) is 10.1. The van der Waals surface area contributed by atoms with Crippen LogP contribution in [0.4, 0.5) is 0 Å². The maximum atomic E-state index is 12.9. The van der Waals surface area contributed by atoms with E-state index in [4.69, 9.17) is 25.9 Å². The molecule has 2 atom stereocenters. The Morgan fingerprint density at radius 3 is 2.57 bits per heavy atom. The molecular weight excluding hydrogens is 414 g/mol. The lowest BCUT2D eigenvalue weighted by Gasteiger charge is -2.48. The van der Waals surface area contributed by atoms with E-state index in [-0.39, 0.29) is 30.5 Å². The third-order valence-electron chi connectivity index (χ3n) is 4.04. The number of carboxylic acids is 1. The molecule has 2 aliphatic rings. The second-order valence-corrected chi connectivity index (χ2v) is 7.07. The maximum absolute atomic E-state index is 12.9. The lowest BCUT2D eigenvalue weighted by molar-refractivity contribution is -0.172. The summed E-state index contributed by atoms with van der Waals surface area (Å²) < 4.78 is 11.1. The fourth-order valence-corrected chi connectivity index (χ4v) is 4.38. The van der Waals surface area contributed by atoms with Gasteiger partial charge in [-0.05, 0) is 19.9 Å². The van der Waals surface area contributed by atoms with E-state index in [1.54, 1.807) is 13.8 Å². The highest BCUT2D eigenvalue weighted by Gasteiger charge is 2.54. The number of aliphatic carboxylic acids is 1. The molecular formula is C16H22ClN3O7S. The number of carboxylic acid groups (broad SMARTS) is 1. The number of hydrogen-bond donors (Lipinski definition) is 2. The van der Waals surface area contributed by atoms with Crippen LogP contribution in [-0.4, -0.2) is 82.7 Å². The molecule has 0 aromatic heterocycles. The smallest absolute Gasteiger partial charge is 0.352 e. The normalized spacial score (nSPS) is 22.1. The Labute approximate surface area is 171 Å². The molecule has 2 N–H and O–H groups in total. The Balaban J connectivity index is 2.22. The molecule has 0 bridgehead atoms. The molecule has 2 heterocycles. The van der Waals surface area contributed by atoms with Crippen molar-refractivity contribution in [1.29, 1.82) is 0 Å². The van der Waals surface area contributed by atoms with E-state index in [0.717, 1.165) is 4.90 Å². The Bertz CT molecular complexity index is 694. The largest absolute Gasteiger partial charge is 0.477 e. The van der Waals surface area contributed by atoms with Crippen molar-refractivity contribution >= 4 is 46.9 Å². The number of nitrogens with one attached hydrogen (secondary N) is 1. The maximum Gasteiger partial charge on any atom is 0.352 e. The van der Waals surface area contributed by atoms with E-state index in [0.29, 0.717) is 5.75 Å². The molecule has 0 aromatic rings. The number of thioether (sulfide) groups is 1. The van der Waals surface area contributed by atoms with Gasteiger partial charge in [0.2, 0.25) is 11.5 Å². The topological polar surface area (TPSA) is 127 Å². The number of halogens is 1. The average Bonchev–Trinajstić information content (AvgIpc) is 2.68. The Kier molecular flexibility index (Phi) is 7.70. The van der Waals surface area contributed by atoms with Crippen molar-refractivity contribution in [2.24, 2.45) is 5.16 Å². The van der Waals surface area contributed by atoms with Crippen LogP contribution in [0.15, 0.2) is 16.9 Å². The first-order chi connectivity index (χ1) is 13.4. The number of oxime groups is 1. The second kappa shape index (κ2) is 9.59. The summed E-state index contributed by atoms with van der Waals surface area (Å²) in [4.78, 5) is 42.5. The van der Waals surface area contributed by atoms with Crippen LogP contribution >= 0.6 is 23.4 Å². The second-order valence-electron chi connectivity index (χ2n) is 5.65. The van der Waals surface area contributed by atoms with Gasteiger partial charge in [-0.15, -0.1) is 23.4 Å². The highest BCUT2D eigenvalue weighted by Crippen LogP contribution is 2.37. The fraction of sp³-hybridized carbons (Fsp3) is 0.625. The standard InChI is InChI=1S/C16H22ClN3O7S/c1-4-26-16(8-17,27-5-2)11(19-25-3)12(21)18-10-13(22)20-9(15(23)24)6-7-28-14(10)20/h6,10,14H,4-5,7-8H2,1-3H3,(H,18,21)(H,23,24)/t10?,14-/m1/s1. The van der Waals surface area contributed by atoms with Crippen LogP contribution in [-0.2, 0) is 28.7 Å². The zero-order valence-electron chi connectivity index (χ0n) is 15.6. The summed E-state index contributed by atoms with van der Waals surface area (Å²) in [6.45, 7) is 3.77. The summed E-state index contributed by atoms with van der Waals surface area (Å²) in [5.41, 5.74) is -0.362. The van der Waals surface area contributed by atoms with Crippen molar-refractivity contribution in [1.82, 2.24) is 10.2 Å². The van der Waals surface area contributed by atoms with Crippen LogP contribution in [0.1, 0.15) is 13.8 Å². The van der Waals surface area contributed by atoms with Crippen molar-refractivity contribution < 1.29 is 33.8 Å². The van der Waals surface area contributed by atoms with E-state index in [1.807, 2.05) is 0 Å². The molecule has 2 rings (SSSR count). The number of alkyl halides is 1. The average molecular weight is 436 g/mol. The van der Waals surface area contributed by atoms with Gasteiger partial charge in [0, 0.05) is 19.0 Å². The molecule has 2 amide bonds. The minimum atomic E-state index is -1.65. The SMILES string of the molecule is CCOC(CCl)(OCC)C(=NOC)C(=O)NC1C(=O)N2C(C(=O)O)=CCS[C@H]12. The summed E-state index contributed by atoms with van der Waals surface area (Å²) in [5, 5.41) is 15.0. The number of nitrogens with zero attached hydrogens (tertiary/aromatic N) is 2. The monoisotopic (exact) mass is 435 g/mol. The fourth-order valence-electron chi connectivity index (χ4n) is 2.91. The molecule has 0 saturated carbocycles. The lowest BCUT2D eigenvalue weighted by atomic mass is 10.0. The van der Waals surface area contributed by atoms with E-state index in [1.165, 1.54) is 24.9 Å². The first-order valence-electron chi connectivity index (χ1n) is 8.51. The highest BCUT2D eigenvalue weighted by atomic mass is 35.5. The number of ether oxygens (including phenoxy) is 2. The van der Waals surface area contributed by atoms with Crippen LogP contribution in [0.25, 0.3) is 0 Å². The summed E-state index contributed by atoms with van der Waals surface area (Å²) in [6.07, 6.45) is 1.46. The van der Waals surface area contributed by atoms with Crippen LogP contribution in [0.3, 0.4) is 0 Å². The number of carbonyl (C=O) groups excluding carboxylic acids is 2. The van der Waals surface area contributed by atoms with Crippen molar-refractivity contribution in [3.8, 4) is 0 Å². The molecule has 0 aromatic carbocycles. The third kappa shape index (κ3) is 4.12. The molecule has 1 saturated heterocycles. The molecule has 0 radical (unpaired) electrons. The molecule has 2 aliphatic heterocycles. The molecule has 1 fully saturated rings. The van der Waals surface area contributed by atoms with Crippen molar-refractivity contribution in [2.75, 3.05) is 32.0 Å². The van der Waals surface area contributed by atoms with Crippen molar-refractivity contribution in [3.63, 3.8) is 0 Å². The number of amides is 2. The summed E-state index contributed by atoms with van der Waals surface area (Å²) >= 11 is 7.35. The summed E-state index contributed by atoms with van der Waals surface area (Å²) in [5.74, 6) is -3.96. The minimum Gasteiger partial charge on any atom is -0.477 e. The van der Waals surface area contributed by atoms with E-state index in [9.17, 15) is 19.5 Å². The van der Waals surface area contributed by atoms with Gasteiger partial charge in [-0.3, -0.25) is 14.5 Å². The van der Waals surface area contributed by atoms with Crippen molar-refractivity contribution in [2.45, 2.75) is 31.1 Å². The van der Waals surface area contributed by atoms with Crippen LogP contribution in [0.2, 0.25) is 0 Å². The molecule has 10 nitrogen and oxygen atoms in total. The predicted octanol–water partition coefficient (Wildman–Crippen LogP) is 0.365. The van der Waals surface area contributed by atoms with Gasteiger partial charge in [-0.2, -0.15) is 0 Å². The zero-order chi connectivity index (χ0) is 20.9. The van der Waals surface area contributed by atoms with Gasteiger partial charge in [0.15, 0.2) is 0 Å². The number of fused-ring (bicyclic) bond motifs is 1. The van der Waals surface area contributed by atoms with E-state index < -0.39 is 35.0 Å². The number of rotatable bonds is 10. The van der Waals surface area contributed by atoms with E-state index in [2.05, 4.69) is 10.5 Å². The van der Waals surface area contributed by atoms with Gasteiger partial charge in [0.1, 0.15) is 24.2 Å². The molecule has 28 heavy (non-hydrogen) atoms.